The molecule has 0 spiro atoms. The van der Waals surface area contributed by atoms with Crippen LogP contribution in [0.3, 0.4) is 0 Å². The number of aliphatic imine (C=N–C) groups is 1. The van der Waals surface area contributed by atoms with Crippen molar-refractivity contribution in [2.45, 2.75) is 4.46 Å². The first kappa shape index (κ1) is 10.8. The van der Waals surface area contributed by atoms with Crippen LogP contribution >= 0.6 is 46.4 Å². The number of amidine groups is 1. The first-order chi connectivity index (χ1) is 5.84. The van der Waals surface area contributed by atoms with Crippen LogP contribution in [0.2, 0.25) is 0 Å². The zero-order valence-corrected chi connectivity index (χ0v) is 8.75. The summed E-state index contributed by atoms with van der Waals surface area (Å²) in [7, 11) is 0. The highest BCUT2D eigenvalue weighted by molar-refractivity contribution is 6.67. The molecule has 5 nitrogen and oxygen atoms in total. The molecule has 1 heterocycles. The van der Waals surface area contributed by atoms with Gasteiger partial charge < -0.3 is 5.32 Å². The molecule has 0 amide bonds. The van der Waals surface area contributed by atoms with Crippen LogP contribution in [0.25, 0.3) is 0 Å². The summed E-state index contributed by atoms with van der Waals surface area (Å²) in [6, 6.07) is 0. The van der Waals surface area contributed by atoms with Crippen LogP contribution in [0.1, 0.15) is 0 Å². The fraction of sp³-hybridized carbons (Fsp3) is 0.250. The lowest BCUT2D eigenvalue weighted by Crippen LogP contribution is -2.33. The Kier molecular flexibility index (Phi) is 2.91. The molecule has 1 aliphatic rings. The highest BCUT2D eigenvalue weighted by Crippen LogP contribution is 2.37. The molecule has 0 fully saturated rings. The summed E-state index contributed by atoms with van der Waals surface area (Å²) >= 11 is 21.8. The molecule has 1 aliphatic heterocycles. The second-order valence-corrected chi connectivity index (χ2v) is 4.01. The number of nitrogens with zero attached hydrogens (tertiary/aromatic N) is 2. The highest BCUT2D eigenvalue weighted by Gasteiger charge is 2.45. The van der Waals surface area contributed by atoms with Gasteiger partial charge in [0.05, 0.1) is 4.92 Å². The fourth-order valence-corrected chi connectivity index (χ4v) is 1.92. The smallest absolute Gasteiger partial charge is 0.316 e. The average molecular weight is 265 g/mol. The van der Waals surface area contributed by atoms with Crippen molar-refractivity contribution in [1.29, 1.82) is 0 Å². The van der Waals surface area contributed by atoms with E-state index in [0.29, 0.717) is 0 Å². The number of hydrogen-bond acceptors (Lipinski definition) is 4. The Hall–Kier alpha value is -0.230. The number of nitro groups is 1. The minimum atomic E-state index is -2.05. The van der Waals surface area contributed by atoms with Crippen molar-refractivity contribution in [3.8, 4) is 0 Å². The topological polar surface area (TPSA) is 67.5 Å². The summed E-state index contributed by atoms with van der Waals surface area (Å²) in [5.74, 6) is 0. The van der Waals surface area contributed by atoms with Crippen molar-refractivity contribution < 1.29 is 4.92 Å². The number of alkyl halides is 2. The van der Waals surface area contributed by atoms with Crippen LogP contribution in [0.4, 0.5) is 0 Å². The largest absolute Gasteiger partial charge is 0.339 e. The first-order valence-corrected chi connectivity index (χ1v) is 4.30. The summed E-state index contributed by atoms with van der Waals surface area (Å²) in [4.78, 5) is 13.0. The normalized spacial score (nSPS) is 20.8. The third kappa shape index (κ3) is 2.17. The van der Waals surface area contributed by atoms with E-state index in [1.165, 1.54) is 0 Å². The van der Waals surface area contributed by atoms with Gasteiger partial charge in [-0.25, -0.2) is 4.99 Å². The Morgan fingerprint density at radius 2 is 2.00 bits per heavy atom. The molecule has 9 heteroatoms. The molecule has 1 rings (SSSR count). The van der Waals surface area contributed by atoms with Crippen molar-refractivity contribution in [3.63, 3.8) is 0 Å². The Morgan fingerprint density at radius 3 is 2.38 bits per heavy atom. The van der Waals surface area contributed by atoms with Gasteiger partial charge in [0.1, 0.15) is 0 Å². The number of halogens is 4. The first-order valence-electron chi connectivity index (χ1n) is 2.79. The summed E-state index contributed by atoms with van der Waals surface area (Å²) in [6.07, 6.45) is 0. The predicted molar refractivity (Wildman–Crippen MR) is 50.7 cm³/mol. The molecule has 0 unspecified atom stereocenters. The second-order valence-electron chi connectivity index (χ2n) is 1.99. The van der Waals surface area contributed by atoms with E-state index in [9.17, 15) is 10.1 Å². The molecule has 72 valence electrons. The lowest BCUT2D eigenvalue weighted by atomic mass is 10.4. The van der Waals surface area contributed by atoms with Crippen molar-refractivity contribution >= 4 is 51.7 Å². The van der Waals surface area contributed by atoms with Crippen LogP contribution in [0.5, 0.6) is 0 Å². The molecule has 0 aromatic carbocycles. The Balaban J connectivity index is 3.19. The molecule has 0 saturated heterocycles. The average Bonchev–Trinajstić information content (AvgIpc) is 1.78. The van der Waals surface area contributed by atoms with E-state index in [0.717, 1.165) is 0 Å². The van der Waals surface area contributed by atoms with Crippen LogP contribution in [-0.2, 0) is 0 Å². The second kappa shape index (κ2) is 3.49. The predicted octanol–water partition coefficient (Wildman–Crippen LogP) is 2.00. The summed E-state index contributed by atoms with van der Waals surface area (Å²) < 4.78 is -2.05. The maximum Gasteiger partial charge on any atom is 0.339 e. The Bertz CT molecular complexity index is 323. The molecule has 0 saturated carbocycles. The van der Waals surface area contributed by atoms with Gasteiger partial charge in [0, 0.05) is 0 Å². The maximum atomic E-state index is 10.4. The number of hydrogen-bond donors (Lipinski definition) is 1. The monoisotopic (exact) mass is 263 g/mol. The van der Waals surface area contributed by atoms with Crippen LogP contribution in [0, 0.1) is 10.1 Å². The third-order valence-corrected chi connectivity index (χ3v) is 2.11. The van der Waals surface area contributed by atoms with Gasteiger partial charge in [0.25, 0.3) is 0 Å². The lowest BCUT2D eigenvalue weighted by Gasteiger charge is -2.18. The molecule has 0 aromatic rings. The van der Waals surface area contributed by atoms with E-state index in [2.05, 4.69) is 10.3 Å². The van der Waals surface area contributed by atoms with Gasteiger partial charge in [-0.05, 0) is 11.6 Å². The molecule has 1 N–H and O–H groups in total. The SMILES string of the molecule is O=[N+]([O-])C1=C(Cl)NC(Cl)=NC1(Cl)Cl. The number of nitrogens with one attached hydrogen (secondary N) is 1. The van der Waals surface area contributed by atoms with Gasteiger partial charge in [-0.2, -0.15) is 0 Å². The molecule has 0 aliphatic carbocycles. The van der Waals surface area contributed by atoms with E-state index in [1.54, 1.807) is 0 Å². The van der Waals surface area contributed by atoms with Crippen LogP contribution in [-0.4, -0.2) is 14.7 Å². The van der Waals surface area contributed by atoms with E-state index in [4.69, 9.17) is 46.4 Å². The van der Waals surface area contributed by atoms with Crippen molar-refractivity contribution in [1.82, 2.24) is 5.32 Å². The Morgan fingerprint density at radius 1 is 1.46 bits per heavy atom. The summed E-state index contributed by atoms with van der Waals surface area (Å²) in [5, 5.41) is 12.1. The van der Waals surface area contributed by atoms with Gasteiger partial charge in [0.2, 0.25) is 0 Å². The molecular formula is C4HCl4N3O2. The zero-order valence-electron chi connectivity index (χ0n) is 5.72. The maximum absolute atomic E-state index is 10.4. The van der Waals surface area contributed by atoms with Crippen molar-refractivity contribution in [2.24, 2.45) is 4.99 Å². The van der Waals surface area contributed by atoms with Gasteiger partial charge in [-0.3, -0.25) is 10.1 Å². The fourth-order valence-electron chi connectivity index (χ4n) is 0.676. The van der Waals surface area contributed by atoms with Gasteiger partial charge in [0.15, 0.2) is 10.5 Å². The van der Waals surface area contributed by atoms with Gasteiger partial charge >= 0.3 is 10.2 Å². The number of rotatable bonds is 1. The van der Waals surface area contributed by atoms with Crippen LogP contribution in [0.15, 0.2) is 15.8 Å². The van der Waals surface area contributed by atoms with E-state index < -0.39 is 15.1 Å². The quantitative estimate of drug-likeness (QED) is 0.341. The highest BCUT2D eigenvalue weighted by atomic mass is 35.5. The van der Waals surface area contributed by atoms with E-state index in [-0.39, 0.29) is 10.5 Å². The minimum absolute atomic E-state index is 0.208. The van der Waals surface area contributed by atoms with Gasteiger partial charge in [-0.1, -0.05) is 34.8 Å². The summed E-state index contributed by atoms with van der Waals surface area (Å²) in [5.41, 5.74) is -0.651. The third-order valence-electron chi connectivity index (χ3n) is 1.13. The molecule has 0 atom stereocenters. The van der Waals surface area contributed by atoms with Crippen molar-refractivity contribution in [2.75, 3.05) is 0 Å². The van der Waals surface area contributed by atoms with E-state index in [1.807, 2.05) is 0 Å². The zero-order chi connectivity index (χ0) is 10.2. The lowest BCUT2D eigenvalue weighted by molar-refractivity contribution is -0.429. The molecular weight excluding hydrogens is 264 g/mol. The van der Waals surface area contributed by atoms with Crippen LogP contribution < -0.4 is 5.32 Å². The molecule has 0 aromatic heterocycles. The standard InChI is InChI=1S/C4HCl4N3O2/c5-2-1(11(12)13)4(7,8)10-3(6)9-2/h(H,9,10). The molecule has 0 bridgehead atoms. The molecule has 13 heavy (non-hydrogen) atoms. The molecule has 0 radical (unpaired) electrons. The van der Waals surface area contributed by atoms with Crippen molar-refractivity contribution in [3.05, 3.63) is 21.0 Å². The minimum Gasteiger partial charge on any atom is -0.316 e. The van der Waals surface area contributed by atoms with Gasteiger partial charge in [-0.15, -0.1) is 0 Å². The Labute approximate surface area is 92.4 Å². The summed E-state index contributed by atoms with van der Waals surface area (Å²) in [6.45, 7) is 0. The van der Waals surface area contributed by atoms with E-state index >= 15 is 0 Å².